The topological polar surface area (TPSA) is 60.2 Å². The van der Waals surface area contributed by atoms with Crippen LogP contribution in [0.25, 0.3) is 0 Å². The van der Waals surface area contributed by atoms with Gasteiger partial charge in [0.1, 0.15) is 4.99 Å². The molecule has 104 valence electrons. The second kappa shape index (κ2) is 5.43. The van der Waals surface area contributed by atoms with Gasteiger partial charge in [0.05, 0.1) is 5.56 Å². The van der Waals surface area contributed by atoms with Crippen molar-refractivity contribution in [2.45, 2.75) is 39.2 Å². The number of nitrogens with one attached hydrogen (secondary N) is 1. The molecule has 1 aromatic rings. The van der Waals surface area contributed by atoms with E-state index in [2.05, 4.69) is 17.2 Å². The fourth-order valence-corrected chi connectivity index (χ4v) is 2.77. The molecule has 5 heteroatoms. The highest BCUT2D eigenvalue weighted by Crippen LogP contribution is 2.28. The van der Waals surface area contributed by atoms with Crippen molar-refractivity contribution in [3.8, 4) is 0 Å². The minimum atomic E-state index is 0.0258. The largest absolute Gasteiger partial charge is 0.389 e. The van der Waals surface area contributed by atoms with E-state index in [1.165, 1.54) is 0 Å². The number of hydrogen-bond acceptors (Lipinski definition) is 4. The monoisotopic (exact) mass is 279 g/mol. The molecule has 0 atom stereocenters. The van der Waals surface area contributed by atoms with E-state index in [0.717, 1.165) is 48.7 Å². The molecular weight excluding hydrogens is 258 g/mol. The molecule has 0 radical (unpaired) electrons. The van der Waals surface area contributed by atoms with Gasteiger partial charge in [-0.15, -0.1) is 0 Å². The SMILES string of the molecule is Cc1cc(NC2(C)CCOCC2)c(C(N)=S)c(C)n1. The van der Waals surface area contributed by atoms with E-state index in [9.17, 15) is 0 Å². The molecule has 1 aliphatic heterocycles. The Hall–Kier alpha value is -1.20. The molecule has 0 unspecified atom stereocenters. The van der Waals surface area contributed by atoms with E-state index < -0.39 is 0 Å². The lowest BCUT2D eigenvalue weighted by molar-refractivity contribution is 0.0658. The Balaban J connectivity index is 2.35. The van der Waals surface area contributed by atoms with E-state index in [4.69, 9.17) is 22.7 Å². The standard InChI is InChI=1S/C14H21N3OS/c1-9-8-11(12(13(15)19)10(2)16-9)17-14(3)4-6-18-7-5-14/h8H,4-7H2,1-3H3,(H2,15,19)(H,16,17). The first-order valence-corrected chi connectivity index (χ1v) is 6.96. The number of aryl methyl sites for hydroxylation is 2. The van der Waals surface area contributed by atoms with Gasteiger partial charge in [0.25, 0.3) is 0 Å². The summed E-state index contributed by atoms with van der Waals surface area (Å²) in [4.78, 5) is 4.83. The van der Waals surface area contributed by atoms with Gasteiger partial charge < -0.3 is 15.8 Å². The number of nitrogens with zero attached hydrogens (tertiary/aromatic N) is 1. The van der Waals surface area contributed by atoms with E-state index in [1.807, 2.05) is 19.9 Å². The van der Waals surface area contributed by atoms with E-state index >= 15 is 0 Å². The Labute approximate surface area is 119 Å². The Bertz CT molecular complexity index is 496. The van der Waals surface area contributed by atoms with Crippen LogP contribution in [0.4, 0.5) is 5.69 Å². The summed E-state index contributed by atoms with van der Waals surface area (Å²) in [7, 11) is 0. The summed E-state index contributed by atoms with van der Waals surface area (Å²) in [6, 6.07) is 2.02. The molecule has 19 heavy (non-hydrogen) atoms. The Morgan fingerprint density at radius 1 is 1.42 bits per heavy atom. The summed E-state index contributed by atoms with van der Waals surface area (Å²) < 4.78 is 5.42. The summed E-state index contributed by atoms with van der Waals surface area (Å²) in [5, 5.41) is 3.60. The molecule has 1 fully saturated rings. The first kappa shape index (κ1) is 14.2. The maximum atomic E-state index is 5.84. The summed E-state index contributed by atoms with van der Waals surface area (Å²) in [5.41, 5.74) is 9.56. The van der Waals surface area contributed by atoms with Gasteiger partial charge in [-0.2, -0.15) is 0 Å². The van der Waals surface area contributed by atoms with Crippen LogP contribution in [0.3, 0.4) is 0 Å². The minimum Gasteiger partial charge on any atom is -0.389 e. The van der Waals surface area contributed by atoms with Crippen LogP contribution in [0.5, 0.6) is 0 Å². The molecule has 1 aliphatic rings. The molecule has 4 nitrogen and oxygen atoms in total. The van der Waals surface area contributed by atoms with E-state index in [0.29, 0.717) is 4.99 Å². The van der Waals surface area contributed by atoms with E-state index in [-0.39, 0.29) is 5.54 Å². The van der Waals surface area contributed by atoms with Crippen molar-refractivity contribution in [2.75, 3.05) is 18.5 Å². The molecule has 2 rings (SSSR count). The normalized spacial score (nSPS) is 18.1. The van der Waals surface area contributed by atoms with Gasteiger partial charge in [-0.25, -0.2) is 0 Å². The number of pyridine rings is 1. The van der Waals surface area contributed by atoms with Crippen LogP contribution in [0.2, 0.25) is 0 Å². The first-order valence-electron chi connectivity index (χ1n) is 6.55. The Morgan fingerprint density at radius 2 is 2.05 bits per heavy atom. The predicted octanol–water partition coefficient (Wildman–Crippen LogP) is 2.31. The lowest BCUT2D eigenvalue weighted by Crippen LogP contribution is -2.41. The predicted molar refractivity (Wildman–Crippen MR) is 81.7 cm³/mol. The molecule has 0 saturated carbocycles. The lowest BCUT2D eigenvalue weighted by atomic mass is 9.91. The molecule has 1 aromatic heterocycles. The summed E-state index contributed by atoms with van der Waals surface area (Å²) in [6.45, 7) is 7.71. The number of rotatable bonds is 3. The molecule has 0 spiro atoms. The van der Waals surface area contributed by atoms with Crippen LogP contribution in [-0.4, -0.2) is 28.7 Å². The van der Waals surface area contributed by atoms with E-state index in [1.54, 1.807) is 0 Å². The molecule has 0 bridgehead atoms. The van der Waals surface area contributed by atoms with Crippen molar-refractivity contribution in [3.63, 3.8) is 0 Å². The minimum absolute atomic E-state index is 0.0258. The molecule has 1 saturated heterocycles. The maximum absolute atomic E-state index is 5.84. The highest BCUT2D eigenvalue weighted by molar-refractivity contribution is 7.80. The van der Waals surface area contributed by atoms with Crippen molar-refractivity contribution in [1.82, 2.24) is 4.98 Å². The van der Waals surface area contributed by atoms with Crippen LogP contribution >= 0.6 is 12.2 Å². The third kappa shape index (κ3) is 3.22. The quantitative estimate of drug-likeness (QED) is 0.832. The van der Waals surface area contributed by atoms with Crippen molar-refractivity contribution in [3.05, 3.63) is 23.0 Å². The van der Waals surface area contributed by atoms with Gasteiger partial charge in [-0.3, -0.25) is 4.98 Å². The maximum Gasteiger partial charge on any atom is 0.107 e. The highest BCUT2D eigenvalue weighted by Gasteiger charge is 2.28. The second-order valence-electron chi connectivity index (χ2n) is 5.43. The number of ether oxygens (including phenoxy) is 1. The van der Waals surface area contributed by atoms with Crippen LogP contribution in [-0.2, 0) is 4.74 Å². The van der Waals surface area contributed by atoms with Crippen molar-refractivity contribution in [1.29, 1.82) is 0 Å². The van der Waals surface area contributed by atoms with Crippen LogP contribution in [0.15, 0.2) is 6.07 Å². The number of aromatic nitrogens is 1. The van der Waals surface area contributed by atoms with Gasteiger partial charge in [0, 0.05) is 35.8 Å². The smallest absolute Gasteiger partial charge is 0.107 e. The average Bonchev–Trinajstić information content (AvgIpc) is 2.27. The number of nitrogens with two attached hydrogens (primary N) is 1. The zero-order valence-electron chi connectivity index (χ0n) is 11.7. The third-order valence-corrected chi connectivity index (χ3v) is 3.81. The lowest BCUT2D eigenvalue weighted by Gasteiger charge is -2.36. The Kier molecular flexibility index (Phi) is 4.06. The second-order valence-corrected chi connectivity index (χ2v) is 5.87. The molecule has 0 aromatic carbocycles. The number of anilines is 1. The molecule has 2 heterocycles. The van der Waals surface area contributed by atoms with Crippen molar-refractivity contribution < 1.29 is 4.74 Å². The van der Waals surface area contributed by atoms with Crippen LogP contribution in [0, 0.1) is 13.8 Å². The summed E-state index contributed by atoms with van der Waals surface area (Å²) >= 11 is 5.16. The van der Waals surface area contributed by atoms with Crippen LogP contribution in [0.1, 0.15) is 36.7 Å². The number of hydrogen-bond donors (Lipinski definition) is 2. The highest BCUT2D eigenvalue weighted by atomic mass is 32.1. The van der Waals surface area contributed by atoms with Crippen molar-refractivity contribution in [2.24, 2.45) is 5.73 Å². The molecule has 0 aliphatic carbocycles. The Morgan fingerprint density at radius 3 is 2.63 bits per heavy atom. The first-order chi connectivity index (χ1) is 8.91. The third-order valence-electron chi connectivity index (χ3n) is 3.61. The van der Waals surface area contributed by atoms with Gasteiger partial charge in [-0.1, -0.05) is 12.2 Å². The van der Waals surface area contributed by atoms with Crippen molar-refractivity contribution >= 4 is 22.9 Å². The fraction of sp³-hybridized carbons (Fsp3) is 0.571. The zero-order valence-corrected chi connectivity index (χ0v) is 12.6. The zero-order chi connectivity index (χ0) is 14.0. The van der Waals surface area contributed by atoms with Gasteiger partial charge in [-0.05, 0) is 39.7 Å². The number of thiocarbonyl (C=S) groups is 1. The average molecular weight is 279 g/mol. The van der Waals surface area contributed by atoms with Crippen LogP contribution < -0.4 is 11.1 Å². The molecule has 0 amide bonds. The van der Waals surface area contributed by atoms with Gasteiger partial charge in [0.2, 0.25) is 0 Å². The summed E-state index contributed by atoms with van der Waals surface area (Å²) in [5.74, 6) is 0. The van der Waals surface area contributed by atoms with Gasteiger partial charge >= 0.3 is 0 Å². The summed E-state index contributed by atoms with van der Waals surface area (Å²) in [6.07, 6.45) is 1.95. The fourth-order valence-electron chi connectivity index (χ4n) is 2.51. The van der Waals surface area contributed by atoms with Gasteiger partial charge in [0.15, 0.2) is 0 Å². The molecule has 3 N–H and O–H groups in total. The molecular formula is C14H21N3OS.